The van der Waals surface area contributed by atoms with Crippen molar-refractivity contribution in [2.75, 3.05) is 0 Å². The second kappa shape index (κ2) is 5.95. The van der Waals surface area contributed by atoms with Crippen LogP contribution in [0, 0.1) is 12.7 Å². The summed E-state index contributed by atoms with van der Waals surface area (Å²) in [4.78, 5) is 13.3. The Balaban J connectivity index is 1.72. The van der Waals surface area contributed by atoms with Gasteiger partial charge in [-0.3, -0.25) is 0 Å². The first kappa shape index (κ1) is 14.8. The maximum Gasteiger partial charge on any atom is 0.361 e. The predicted molar refractivity (Wildman–Crippen MR) is 74.2 cm³/mol. The molecule has 23 heavy (non-hydrogen) atoms. The van der Waals surface area contributed by atoms with Crippen molar-refractivity contribution in [3.05, 3.63) is 53.8 Å². The van der Waals surface area contributed by atoms with Gasteiger partial charge in [-0.1, -0.05) is 0 Å². The van der Waals surface area contributed by atoms with E-state index in [0.29, 0.717) is 11.6 Å². The van der Waals surface area contributed by atoms with Crippen LogP contribution in [0.5, 0.6) is 0 Å². The third-order valence-corrected chi connectivity index (χ3v) is 2.93. The van der Waals surface area contributed by atoms with Gasteiger partial charge in [0.25, 0.3) is 5.89 Å². The minimum atomic E-state index is -0.709. The predicted octanol–water partition coefficient (Wildman–Crippen LogP) is 2.02. The van der Waals surface area contributed by atoms with E-state index in [-0.39, 0.29) is 17.4 Å². The van der Waals surface area contributed by atoms with Crippen molar-refractivity contribution in [2.45, 2.75) is 20.0 Å². The molecule has 1 atom stereocenters. The summed E-state index contributed by atoms with van der Waals surface area (Å²) in [5.41, 5.74) is 0.531. The number of carbonyl (C=O) groups is 1. The summed E-state index contributed by atoms with van der Waals surface area (Å²) in [5, 5.41) is 15.4. The van der Waals surface area contributed by atoms with Crippen LogP contribution in [-0.4, -0.2) is 31.2 Å². The average molecular weight is 317 g/mol. The lowest BCUT2D eigenvalue weighted by atomic mass is 10.3. The van der Waals surface area contributed by atoms with Gasteiger partial charge >= 0.3 is 5.97 Å². The topological polar surface area (TPSA) is 95.9 Å². The number of aryl methyl sites for hydroxylation is 1. The van der Waals surface area contributed by atoms with Crippen molar-refractivity contribution in [3.8, 4) is 5.69 Å². The summed E-state index contributed by atoms with van der Waals surface area (Å²) in [6.07, 6.45) is 0.553. The van der Waals surface area contributed by atoms with Crippen LogP contribution in [0.4, 0.5) is 4.39 Å². The lowest BCUT2D eigenvalue weighted by Gasteiger charge is -2.07. The Bertz CT molecular complexity index is 827. The Labute approximate surface area is 129 Å². The van der Waals surface area contributed by atoms with Crippen LogP contribution in [0.1, 0.15) is 35.3 Å². The van der Waals surface area contributed by atoms with Crippen molar-refractivity contribution in [2.24, 2.45) is 0 Å². The van der Waals surface area contributed by atoms with Crippen LogP contribution in [-0.2, 0) is 4.74 Å². The molecule has 0 bridgehead atoms. The number of hydrogen-bond acceptors (Lipinski definition) is 7. The fourth-order valence-electron chi connectivity index (χ4n) is 1.80. The molecule has 2 aromatic heterocycles. The van der Waals surface area contributed by atoms with Crippen LogP contribution < -0.4 is 0 Å². The molecule has 0 N–H and O–H groups in total. The highest BCUT2D eigenvalue weighted by molar-refractivity contribution is 5.86. The van der Waals surface area contributed by atoms with Gasteiger partial charge in [0.2, 0.25) is 5.89 Å². The summed E-state index contributed by atoms with van der Waals surface area (Å²) >= 11 is 0. The molecular weight excluding hydrogens is 305 g/mol. The Morgan fingerprint density at radius 3 is 2.70 bits per heavy atom. The highest BCUT2D eigenvalue weighted by atomic mass is 19.1. The Hall–Kier alpha value is -3.10. The van der Waals surface area contributed by atoms with Gasteiger partial charge in [-0.25, -0.2) is 9.18 Å². The summed E-state index contributed by atoms with van der Waals surface area (Å²) in [6, 6.07) is 5.54. The molecule has 0 fully saturated rings. The molecule has 2 heterocycles. The Morgan fingerprint density at radius 1 is 1.30 bits per heavy atom. The highest BCUT2D eigenvalue weighted by Gasteiger charge is 2.21. The number of halogens is 1. The maximum absolute atomic E-state index is 12.9. The zero-order valence-corrected chi connectivity index (χ0v) is 12.3. The standard InChI is InChI=1S/C14H12FN5O3/c1-8(13-18-17-9(2)23-13)22-14(21)12-7-16-20(19-12)11-5-3-10(15)4-6-11/h3-8H,1-2H3/t8-/m1/s1. The minimum absolute atomic E-state index is 0.0115. The molecule has 0 radical (unpaired) electrons. The number of benzene rings is 1. The van der Waals surface area contributed by atoms with Crippen LogP contribution in [0.2, 0.25) is 0 Å². The van der Waals surface area contributed by atoms with E-state index in [4.69, 9.17) is 9.15 Å². The van der Waals surface area contributed by atoms with Crippen molar-refractivity contribution in [1.82, 2.24) is 25.2 Å². The molecule has 0 saturated heterocycles. The molecule has 0 aliphatic rings. The quantitative estimate of drug-likeness (QED) is 0.679. The zero-order chi connectivity index (χ0) is 16.4. The molecule has 118 valence electrons. The Kier molecular flexibility index (Phi) is 3.83. The van der Waals surface area contributed by atoms with E-state index in [1.807, 2.05) is 0 Å². The summed E-state index contributed by atoms with van der Waals surface area (Å²) in [7, 11) is 0. The molecular formula is C14H12FN5O3. The van der Waals surface area contributed by atoms with E-state index in [1.165, 1.54) is 35.3 Å². The van der Waals surface area contributed by atoms with E-state index >= 15 is 0 Å². The maximum atomic E-state index is 12.9. The van der Waals surface area contributed by atoms with Gasteiger partial charge in [0.1, 0.15) is 5.82 Å². The van der Waals surface area contributed by atoms with E-state index in [9.17, 15) is 9.18 Å². The van der Waals surface area contributed by atoms with E-state index in [0.717, 1.165) is 0 Å². The molecule has 0 amide bonds. The molecule has 3 aromatic rings. The van der Waals surface area contributed by atoms with Gasteiger partial charge in [-0.15, -0.1) is 15.3 Å². The molecule has 8 nitrogen and oxygen atoms in total. The average Bonchev–Trinajstić information content (AvgIpc) is 3.17. The number of hydrogen-bond donors (Lipinski definition) is 0. The minimum Gasteiger partial charge on any atom is -0.448 e. The molecule has 3 rings (SSSR count). The van der Waals surface area contributed by atoms with Gasteiger partial charge in [-0.05, 0) is 31.2 Å². The second-order valence-electron chi connectivity index (χ2n) is 4.70. The van der Waals surface area contributed by atoms with Crippen LogP contribution in [0.15, 0.2) is 34.9 Å². The molecule has 9 heteroatoms. The third kappa shape index (κ3) is 3.23. The summed E-state index contributed by atoms with van der Waals surface area (Å²) < 4.78 is 23.3. The lowest BCUT2D eigenvalue weighted by Crippen LogP contribution is -2.11. The molecule has 0 aliphatic carbocycles. The number of rotatable bonds is 4. The van der Waals surface area contributed by atoms with E-state index in [1.54, 1.807) is 13.8 Å². The largest absolute Gasteiger partial charge is 0.448 e. The number of nitrogens with zero attached hydrogens (tertiary/aromatic N) is 5. The number of carbonyl (C=O) groups excluding carboxylic acids is 1. The Morgan fingerprint density at radius 2 is 2.04 bits per heavy atom. The summed E-state index contributed by atoms with van der Waals surface area (Å²) in [5.74, 6) is -0.474. The number of ether oxygens (including phenoxy) is 1. The second-order valence-corrected chi connectivity index (χ2v) is 4.70. The normalized spacial score (nSPS) is 12.1. The van der Waals surface area contributed by atoms with Crippen LogP contribution in [0.3, 0.4) is 0 Å². The fourth-order valence-corrected chi connectivity index (χ4v) is 1.80. The van der Waals surface area contributed by atoms with Crippen molar-refractivity contribution >= 4 is 5.97 Å². The first-order valence-electron chi connectivity index (χ1n) is 6.72. The van der Waals surface area contributed by atoms with Crippen molar-refractivity contribution in [1.29, 1.82) is 0 Å². The first-order valence-corrected chi connectivity index (χ1v) is 6.72. The zero-order valence-electron chi connectivity index (χ0n) is 12.3. The van der Waals surface area contributed by atoms with E-state index < -0.39 is 12.1 Å². The van der Waals surface area contributed by atoms with Gasteiger partial charge in [0.15, 0.2) is 11.8 Å². The van der Waals surface area contributed by atoms with E-state index in [2.05, 4.69) is 20.4 Å². The third-order valence-electron chi connectivity index (χ3n) is 2.93. The molecule has 0 spiro atoms. The van der Waals surface area contributed by atoms with Crippen LogP contribution >= 0.6 is 0 Å². The number of aromatic nitrogens is 5. The van der Waals surface area contributed by atoms with Crippen molar-refractivity contribution in [3.63, 3.8) is 0 Å². The van der Waals surface area contributed by atoms with Gasteiger partial charge in [0, 0.05) is 6.92 Å². The van der Waals surface area contributed by atoms with Gasteiger partial charge in [-0.2, -0.15) is 9.90 Å². The summed E-state index contributed by atoms with van der Waals surface area (Å²) in [6.45, 7) is 3.24. The highest BCUT2D eigenvalue weighted by Crippen LogP contribution is 2.16. The molecule has 0 saturated carbocycles. The molecule has 1 aromatic carbocycles. The SMILES string of the molecule is Cc1nnc([C@@H](C)OC(=O)c2cnn(-c3ccc(F)cc3)n2)o1. The molecule has 0 aliphatic heterocycles. The van der Waals surface area contributed by atoms with Crippen molar-refractivity contribution < 1.29 is 18.3 Å². The van der Waals surface area contributed by atoms with Gasteiger partial charge in [0.05, 0.1) is 11.9 Å². The van der Waals surface area contributed by atoms with Crippen LogP contribution in [0.25, 0.3) is 5.69 Å². The number of esters is 1. The fraction of sp³-hybridized carbons (Fsp3) is 0.214. The lowest BCUT2D eigenvalue weighted by molar-refractivity contribution is 0.0269. The van der Waals surface area contributed by atoms with Gasteiger partial charge < -0.3 is 9.15 Å². The monoisotopic (exact) mass is 317 g/mol. The smallest absolute Gasteiger partial charge is 0.361 e. The molecule has 0 unspecified atom stereocenters. The first-order chi connectivity index (χ1) is 11.0.